The quantitative estimate of drug-likeness (QED) is 0.742. The topological polar surface area (TPSA) is 3.24 Å². The first-order valence-corrected chi connectivity index (χ1v) is 7.16. The van der Waals surface area contributed by atoms with E-state index in [2.05, 4.69) is 27.8 Å². The zero-order valence-electron chi connectivity index (χ0n) is 9.80. The van der Waals surface area contributed by atoms with Crippen LogP contribution in [-0.2, 0) is 6.54 Å². The zero-order chi connectivity index (χ0) is 12.4. The molecular weight excluding hydrogens is 305 g/mol. The van der Waals surface area contributed by atoms with Gasteiger partial charge in [-0.3, -0.25) is 4.90 Å². The molecule has 0 radical (unpaired) electrons. The van der Waals surface area contributed by atoms with Gasteiger partial charge < -0.3 is 0 Å². The maximum absolute atomic E-state index is 13.3. The number of alkyl halides is 1. The van der Waals surface area contributed by atoms with Gasteiger partial charge in [0.2, 0.25) is 0 Å². The first-order valence-electron chi connectivity index (χ1n) is 5.87. The fraction of sp³-hybridized carbons (Fsp3) is 0.538. The fourth-order valence-corrected chi connectivity index (χ4v) is 3.00. The summed E-state index contributed by atoms with van der Waals surface area (Å²) in [7, 11) is 0. The molecular formula is C13H16BrClFN. The number of halogens is 3. The minimum absolute atomic E-state index is 0.261. The van der Waals surface area contributed by atoms with Crippen LogP contribution in [0.25, 0.3) is 0 Å². The summed E-state index contributed by atoms with van der Waals surface area (Å²) >= 11 is 9.66. The van der Waals surface area contributed by atoms with Gasteiger partial charge in [0.05, 0.1) is 5.02 Å². The molecule has 1 aliphatic rings. The Bertz CT molecular complexity index is 399. The second kappa shape index (κ2) is 5.68. The summed E-state index contributed by atoms with van der Waals surface area (Å²) < 4.78 is 13.3. The maximum atomic E-state index is 13.3. The Morgan fingerprint density at radius 3 is 3.00 bits per heavy atom. The Morgan fingerprint density at radius 1 is 1.53 bits per heavy atom. The van der Waals surface area contributed by atoms with Crippen LogP contribution in [0, 0.1) is 11.7 Å². The minimum Gasteiger partial charge on any atom is -0.298 e. The molecule has 0 amide bonds. The number of hydrogen-bond acceptors (Lipinski definition) is 1. The van der Waals surface area contributed by atoms with Crippen molar-refractivity contribution in [3.63, 3.8) is 0 Å². The molecule has 2 atom stereocenters. The van der Waals surface area contributed by atoms with E-state index in [1.165, 1.54) is 12.5 Å². The van der Waals surface area contributed by atoms with Gasteiger partial charge >= 0.3 is 0 Å². The zero-order valence-corrected chi connectivity index (χ0v) is 12.1. The molecule has 2 rings (SSSR count). The van der Waals surface area contributed by atoms with Crippen LogP contribution < -0.4 is 0 Å². The number of benzene rings is 1. The van der Waals surface area contributed by atoms with Gasteiger partial charge in [-0.15, -0.1) is 0 Å². The molecule has 0 aromatic heterocycles. The number of piperidine rings is 1. The molecule has 1 aliphatic heterocycles. The summed E-state index contributed by atoms with van der Waals surface area (Å²) in [5.41, 5.74) is 0.876. The molecule has 1 aromatic carbocycles. The van der Waals surface area contributed by atoms with Gasteiger partial charge in [-0.1, -0.05) is 46.6 Å². The Kier molecular flexibility index (Phi) is 4.45. The van der Waals surface area contributed by atoms with Gasteiger partial charge in [0.1, 0.15) is 5.82 Å². The molecule has 1 fully saturated rings. The van der Waals surface area contributed by atoms with E-state index in [0.29, 0.717) is 10.7 Å². The maximum Gasteiger partial charge on any atom is 0.142 e. The fourth-order valence-electron chi connectivity index (χ4n) is 2.14. The number of rotatable bonds is 2. The molecule has 1 heterocycles. The van der Waals surface area contributed by atoms with Gasteiger partial charge in [-0.2, -0.15) is 0 Å². The predicted molar refractivity (Wildman–Crippen MR) is 73.2 cm³/mol. The highest BCUT2D eigenvalue weighted by atomic mass is 79.9. The van der Waals surface area contributed by atoms with Gasteiger partial charge in [0, 0.05) is 17.9 Å². The standard InChI is InChI=1S/C13H16BrClFN/c1-9-5-6-17(8-11(9)14)7-10-3-2-4-12(16)13(10)15/h2-4,9,11H,5-8H2,1H3. The molecule has 0 aliphatic carbocycles. The molecule has 0 saturated carbocycles. The second-order valence-electron chi connectivity index (χ2n) is 4.73. The van der Waals surface area contributed by atoms with Gasteiger partial charge in [0.15, 0.2) is 0 Å². The molecule has 2 unspecified atom stereocenters. The number of nitrogens with zero attached hydrogens (tertiary/aromatic N) is 1. The van der Waals surface area contributed by atoms with E-state index in [9.17, 15) is 4.39 Å². The van der Waals surface area contributed by atoms with Crippen LogP contribution in [0.4, 0.5) is 4.39 Å². The average Bonchev–Trinajstić information content (AvgIpc) is 2.30. The van der Waals surface area contributed by atoms with E-state index in [1.807, 2.05) is 6.07 Å². The molecule has 1 nitrogen and oxygen atoms in total. The third-order valence-electron chi connectivity index (χ3n) is 3.38. The smallest absolute Gasteiger partial charge is 0.142 e. The normalized spacial score (nSPS) is 26.1. The number of likely N-dealkylation sites (tertiary alicyclic amines) is 1. The third kappa shape index (κ3) is 3.21. The summed E-state index contributed by atoms with van der Waals surface area (Å²) in [6.45, 7) is 5.03. The minimum atomic E-state index is -0.329. The molecule has 0 N–H and O–H groups in total. The summed E-state index contributed by atoms with van der Waals surface area (Å²) in [5, 5.41) is 0.261. The molecule has 17 heavy (non-hydrogen) atoms. The van der Waals surface area contributed by atoms with Crippen molar-refractivity contribution in [2.45, 2.75) is 24.7 Å². The van der Waals surface area contributed by atoms with Crippen molar-refractivity contribution in [2.75, 3.05) is 13.1 Å². The third-order valence-corrected chi connectivity index (χ3v) is 4.99. The van der Waals surface area contributed by atoms with Crippen LogP contribution >= 0.6 is 27.5 Å². The first kappa shape index (κ1) is 13.3. The van der Waals surface area contributed by atoms with Crippen LogP contribution in [0.1, 0.15) is 18.9 Å². The summed E-state index contributed by atoms with van der Waals surface area (Å²) in [4.78, 5) is 2.84. The average molecular weight is 321 g/mol. The Balaban J connectivity index is 2.04. The predicted octanol–water partition coefficient (Wildman–Crippen LogP) is 4.08. The van der Waals surface area contributed by atoms with Crippen molar-refractivity contribution < 1.29 is 4.39 Å². The lowest BCUT2D eigenvalue weighted by atomic mass is 9.98. The van der Waals surface area contributed by atoms with Crippen LogP contribution in [0.2, 0.25) is 5.02 Å². The monoisotopic (exact) mass is 319 g/mol. The van der Waals surface area contributed by atoms with E-state index in [4.69, 9.17) is 11.6 Å². The number of hydrogen-bond donors (Lipinski definition) is 0. The van der Waals surface area contributed by atoms with Crippen LogP contribution in [-0.4, -0.2) is 22.8 Å². The van der Waals surface area contributed by atoms with E-state index in [-0.39, 0.29) is 10.8 Å². The lowest BCUT2D eigenvalue weighted by Gasteiger charge is -2.34. The largest absolute Gasteiger partial charge is 0.298 e. The highest BCUT2D eigenvalue weighted by Crippen LogP contribution is 2.26. The Labute approximate surface area is 115 Å². The van der Waals surface area contributed by atoms with Crippen LogP contribution in [0.3, 0.4) is 0 Å². The second-order valence-corrected chi connectivity index (χ2v) is 6.28. The summed E-state index contributed by atoms with van der Waals surface area (Å²) in [5.74, 6) is 0.374. The van der Waals surface area contributed by atoms with Crippen molar-refractivity contribution in [3.05, 3.63) is 34.6 Å². The molecule has 1 saturated heterocycles. The first-order chi connectivity index (χ1) is 8.08. The van der Waals surface area contributed by atoms with Gasteiger partial charge in [-0.05, 0) is 30.5 Å². The van der Waals surface area contributed by atoms with Gasteiger partial charge in [0.25, 0.3) is 0 Å². The molecule has 4 heteroatoms. The Morgan fingerprint density at radius 2 is 2.29 bits per heavy atom. The van der Waals surface area contributed by atoms with Crippen molar-refractivity contribution in [3.8, 4) is 0 Å². The summed E-state index contributed by atoms with van der Waals surface area (Å²) in [6, 6.07) is 5.01. The highest BCUT2D eigenvalue weighted by Gasteiger charge is 2.24. The lowest BCUT2D eigenvalue weighted by molar-refractivity contribution is 0.194. The van der Waals surface area contributed by atoms with Crippen molar-refractivity contribution in [1.82, 2.24) is 4.90 Å². The molecule has 0 spiro atoms. The van der Waals surface area contributed by atoms with Crippen LogP contribution in [0.5, 0.6) is 0 Å². The molecule has 1 aromatic rings. The van der Waals surface area contributed by atoms with E-state index >= 15 is 0 Å². The van der Waals surface area contributed by atoms with Gasteiger partial charge in [-0.25, -0.2) is 4.39 Å². The van der Waals surface area contributed by atoms with Crippen molar-refractivity contribution in [1.29, 1.82) is 0 Å². The summed E-state index contributed by atoms with van der Waals surface area (Å²) in [6.07, 6.45) is 1.17. The van der Waals surface area contributed by atoms with Crippen molar-refractivity contribution >= 4 is 27.5 Å². The highest BCUT2D eigenvalue weighted by molar-refractivity contribution is 9.09. The van der Waals surface area contributed by atoms with Crippen LogP contribution in [0.15, 0.2) is 18.2 Å². The lowest BCUT2D eigenvalue weighted by Crippen LogP contribution is -2.39. The van der Waals surface area contributed by atoms with E-state index in [0.717, 1.165) is 25.2 Å². The molecule has 94 valence electrons. The van der Waals surface area contributed by atoms with E-state index in [1.54, 1.807) is 6.07 Å². The van der Waals surface area contributed by atoms with E-state index < -0.39 is 0 Å². The molecule has 0 bridgehead atoms. The SMILES string of the molecule is CC1CCN(Cc2cccc(F)c2Cl)CC1Br. The van der Waals surface area contributed by atoms with Crippen molar-refractivity contribution in [2.24, 2.45) is 5.92 Å². The Hall–Kier alpha value is -0.120.